The van der Waals surface area contributed by atoms with E-state index in [-0.39, 0.29) is 29.3 Å². The molecule has 2 aromatic rings. The summed E-state index contributed by atoms with van der Waals surface area (Å²) in [7, 11) is -3.73. The van der Waals surface area contributed by atoms with Gasteiger partial charge >= 0.3 is 12.1 Å². The maximum Gasteiger partial charge on any atom is 0.394 e. The number of ether oxygens (including phenoxy) is 1. The molecule has 0 aliphatic carbocycles. The highest BCUT2D eigenvalue weighted by Crippen LogP contribution is 2.32. The first-order chi connectivity index (χ1) is 14.5. The zero-order valence-electron chi connectivity index (χ0n) is 16.5. The van der Waals surface area contributed by atoms with Crippen molar-refractivity contribution in [3.05, 3.63) is 53.6 Å². The summed E-state index contributed by atoms with van der Waals surface area (Å²) in [5.74, 6) is 0.0000614. The number of anilines is 1. The summed E-state index contributed by atoms with van der Waals surface area (Å²) >= 11 is 5.81. The Labute approximate surface area is 183 Å². The van der Waals surface area contributed by atoms with Crippen molar-refractivity contribution in [1.29, 1.82) is 0 Å². The summed E-state index contributed by atoms with van der Waals surface area (Å²) in [4.78, 5) is 16.1. The highest BCUT2D eigenvalue weighted by atomic mass is 35.5. The second-order valence-corrected chi connectivity index (χ2v) is 9.76. The van der Waals surface area contributed by atoms with Gasteiger partial charge in [0.15, 0.2) is 0 Å². The molecule has 2 aliphatic heterocycles. The predicted molar refractivity (Wildman–Crippen MR) is 111 cm³/mol. The van der Waals surface area contributed by atoms with Crippen LogP contribution in [0.5, 0.6) is 5.75 Å². The van der Waals surface area contributed by atoms with Crippen LogP contribution in [-0.2, 0) is 10.0 Å². The molecule has 4 rings (SSSR count). The van der Waals surface area contributed by atoms with E-state index >= 15 is 0 Å². The zero-order chi connectivity index (χ0) is 22.4. The van der Waals surface area contributed by atoms with E-state index in [0.29, 0.717) is 30.6 Å². The molecule has 0 bridgehead atoms. The van der Waals surface area contributed by atoms with Crippen molar-refractivity contribution in [1.82, 2.24) is 9.62 Å². The SMILES string of the molecule is CC(F)(F)Oc1ccc(N2C[C@@H]3C[C@@H](NS(=O)(=O)c4ccc(Cl)cc4)CN3C2=O)cc1. The number of amides is 2. The Bertz CT molecular complexity index is 1080. The summed E-state index contributed by atoms with van der Waals surface area (Å²) in [5, 5.41) is 0.439. The van der Waals surface area contributed by atoms with E-state index in [4.69, 9.17) is 11.6 Å². The summed E-state index contributed by atoms with van der Waals surface area (Å²) in [6.07, 6.45) is -2.82. The maximum absolute atomic E-state index is 13.0. The minimum atomic E-state index is -3.73. The molecular weight excluding hydrogens is 452 g/mol. The van der Waals surface area contributed by atoms with E-state index in [0.717, 1.165) is 0 Å². The first-order valence-corrected chi connectivity index (χ1v) is 11.4. The van der Waals surface area contributed by atoms with Crippen LogP contribution in [0.2, 0.25) is 5.02 Å². The molecule has 31 heavy (non-hydrogen) atoms. The van der Waals surface area contributed by atoms with E-state index < -0.39 is 22.2 Å². The van der Waals surface area contributed by atoms with Crippen LogP contribution in [0.1, 0.15) is 13.3 Å². The van der Waals surface area contributed by atoms with Gasteiger partial charge in [-0.3, -0.25) is 4.90 Å². The predicted octanol–water partition coefficient (Wildman–Crippen LogP) is 3.69. The number of hydrogen-bond acceptors (Lipinski definition) is 4. The zero-order valence-corrected chi connectivity index (χ0v) is 18.0. The number of nitrogens with zero attached hydrogens (tertiary/aromatic N) is 2. The Balaban J connectivity index is 1.40. The standard InChI is InChI=1S/C20H20ClF2N3O4S/c1-20(22,23)30-17-6-4-15(5-7-17)26-12-16-10-14(11-25(16)19(26)27)24-31(28,29)18-8-2-13(21)3-9-18/h2-9,14,16,24H,10-12H2,1H3/t14-,16+/m1/s1. The normalized spacial score (nSPS) is 21.5. The number of nitrogens with one attached hydrogen (secondary N) is 1. The second-order valence-electron chi connectivity index (χ2n) is 7.61. The molecule has 2 amide bonds. The lowest BCUT2D eigenvalue weighted by atomic mass is 10.2. The van der Waals surface area contributed by atoms with Gasteiger partial charge in [0.2, 0.25) is 10.0 Å². The molecule has 2 saturated heterocycles. The molecule has 2 aliphatic rings. The van der Waals surface area contributed by atoms with Crippen molar-refractivity contribution in [2.75, 3.05) is 18.0 Å². The maximum atomic E-state index is 13.0. The third-order valence-electron chi connectivity index (χ3n) is 5.18. The summed E-state index contributed by atoms with van der Waals surface area (Å²) in [6.45, 7) is 1.27. The van der Waals surface area contributed by atoms with E-state index in [1.54, 1.807) is 21.9 Å². The van der Waals surface area contributed by atoms with Crippen LogP contribution in [0.4, 0.5) is 19.3 Å². The van der Waals surface area contributed by atoms with Crippen LogP contribution in [0, 0.1) is 0 Å². The van der Waals surface area contributed by atoms with Crippen molar-refractivity contribution >= 4 is 33.3 Å². The van der Waals surface area contributed by atoms with Gasteiger partial charge in [0, 0.05) is 36.8 Å². The number of hydrogen-bond donors (Lipinski definition) is 1. The number of fused-ring (bicyclic) bond motifs is 1. The summed E-state index contributed by atoms with van der Waals surface area (Å²) < 4.78 is 58.2. The highest BCUT2D eigenvalue weighted by molar-refractivity contribution is 7.89. The van der Waals surface area contributed by atoms with Gasteiger partial charge in [-0.25, -0.2) is 17.9 Å². The van der Waals surface area contributed by atoms with Crippen LogP contribution in [0.15, 0.2) is 53.4 Å². The van der Waals surface area contributed by atoms with Crippen LogP contribution in [0.25, 0.3) is 0 Å². The van der Waals surface area contributed by atoms with Crippen molar-refractivity contribution < 1.29 is 26.7 Å². The first kappa shape index (κ1) is 21.8. The Morgan fingerprint density at radius 2 is 1.74 bits per heavy atom. The lowest BCUT2D eigenvalue weighted by Crippen LogP contribution is -2.40. The van der Waals surface area contributed by atoms with E-state index in [9.17, 15) is 22.0 Å². The number of carbonyl (C=O) groups is 1. The minimum Gasteiger partial charge on any atom is -0.433 e. The Kier molecular flexibility index (Phi) is 5.57. The van der Waals surface area contributed by atoms with E-state index in [1.165, 1.54) is 36.4 Å². The monoisotopic (exact) mass is 471 g/mol. The number of urea groups is 1. The highest BCUT2D eigenvalue weighted by Gasteiger charge is 2.45. The van der Waals surface area contributed by atoms with Crippen molar-refractivity contribution in [3.8, 4) is 5.75 Å². The van der Waals surface area contributed by atoms with Crippen LogP contribution in [-0.4, -0.2) is 50.6 Å². The van der Waals surface area contributed by atoms with Crippen LogP contribution < -0.4 is 14.4 Å². The lowest BCUT2D eigenvalue weighted by Gasteiger charge is -2.20. The average Bonchev–Trinajstić information content (AvgIpc) is 3.19. The summed E-state index contributed by atoms with van der Waals surface area (Å²) in [6, 6.07) is 10.9. The van der Waals surface area contributed by atoms with Crippen LogP contribution in [0.3, 0.4) is 0 Å². The number of alkyl halides is 2. The average molecular weight is 472 g/mol. The van der Waals surface area contributed by atoms with E-state index in [2.05, 4.69) is 9.46 Å². The molecule has 2 atom stereocenters. The van der Waals surface area contributed by atoms with Gasteiger partial charge in [-0.1, -0.05) is 11.6 Å². The fraction of sp³-hybridized carbons (Fsp3) is 0.350. The molecule has 2 aromatic carbocycles. The summed E-state index contributed by atoms with van der Waals surface area (Å²) in [5.41, 5.74) is 0.560. The Hall–Kier alpha value is -2.43. The number of sulfonamides is 1. The molecule has 0 saturated carbocycles. The van der Waals surface area contributed by atoms with E-state index in [1.807, 2.05) is 0 Å². The molecule has 11 heteroatoms. The second kappa shape index (κ2) is 7.92. The number of rotatable bonds is 6. The smallest absolute Gasteiger partial charge is 0.394 e. The molecule has 7 nitrogen and oxygen atoms in total. The Morgan fingerprint density at radius 1 is 1.10 bits per heavy atom. The Morgan fingerprint density at radius 3 is 2.32 bits per heavy atom. The largest absolute Gasteiger partial charge is 0.433 e. The molecule has 2 heterocycles. The molecule has 0 spiro atoms. The van der Waals surface area contributed by atoms with Crippen LogP contribution >= 0.6 is 11.6 Å². The number of benzene rings is 2. The van der Waals surface area contributed by atoms with Crippen molar-refractivity contribution in [2.45, 2.75) is 36.4 Å². The van der Waals surface area contributed by atoms with Gasteiger partial charge in [0.25, 0.3) is 0 Å². The topological polar surface area (TPSA) is 79.0 Å². The van der Waals surface area contributed by atoms with Gasteiger partial charge in [-0.2, -0.15) is 8.78 Å². The molecular formula is C20H20ClF2N3O4S. The molecule has 2 fully saturated rings. The number of halogens is 3. The fourth-order valence-corrected chi connectivity index (χ4v) is 5.24. The van der Waals surface area contributed by atoms with Gasteiger partial charge in [0.1, 0.15) is 5.75 Å². The fourth-order valence-electron chi connectivity index (χ4n) is 3.87. The van der Waals surface area contributed by atoms with Crippen molar-refractivity contribution in [3.63, 3.8) is 0 Å². The quantitative estimate of drug-likeness (QED) is 0.697. The molecule has 0 radical (unpaired) electrons. The molecule has 0 unspecified atom stereocenters. The first-order valence-electron chi connectivity index (χ1n) is 9.55. The molecule has 1 N–H and O–H groups in total. The minimum absolute atomic E-state index is 0.0000614. The number of carbonyl (C=O) groups excluding carboxylic acids is 1. The third-order valence-corrected chi connectivity index (χ3v) is 6.96. The third kappa shape index (κ3) is 4.76. The van der Waals surface area contributed by atoms with Gasteiger partial charge in [-0.05, 0) is 55.0 Å². The van der Waals surface area contributed by atoms with Gasteiger partial charge in [0.05, 0.1) is 10.9 Å². The van der Waals surface area contributed by atoms with Gasteiger partial charge < -0.3 is 9.64 Å². The molecule has 0 aromatic heterocycles. The van der Waals surface area contributed by atoms with Gasteiger partial charge in [-0.15, -0.1) is 0 Å². The lowest BCUT2D eigenvalue weighted by molar-refractivity contribution is -0.158. The molecule has 166 valence electrons. The van der Waals surface area contributed by atoms with Crippen molar-refractivity contribution in [2.24, 2.45) is 0 Å².